The van der Waals surface area contributed by atoms with Crippen LogP contribution in [0.3, 0.4) is 0 Å². The van der Waals surface area contributed by atoms with Crippen LogP contribution in [0.15, 0.2) is 108 Å². The Morgan fingerprint density at radius 1 is 0.812 bits per heavy atom. The van der Waals surface area contributed by atoms with Gasteiger partial charge in [0.1, 0.15) is 0 Å². The minimum absolute atomic E-state index is 0. The van der Waals surface area contributed by atoms with Crippen LogP contribution in [-0.2, 0) is 26.5 Å². The van der Waals surface area contributed by atoms with E-state index in [2.05, 4.69) is 148 Å². The predicted octanol–water partition coefficient (Wildman–Crippen LogP) is 14.4. The minimum Gasteiger partial charge on any atom is 0 e. The van der Waals surface area contributed by atoms with Crippen LogP contribution in [0.5, 0.6) is 0 Å². The molecule has 0 bridgehead atoms. The number of fused-ring (bicyclic) bond motifs is 5. The van der Waals surface area contributed by atoms with Crippen molar-refractivity contribution >= 4 is 61.7 Å². The molecule has 1 fully saturated rings. The topological polar surface area (TPSA) is 69.6 Å². The maximum Gasteiger partial charge on any atom is 0 e. The minimum atomic E-state index is -1.89. The molecule has 10 rings (SSSR count). The Balaban J connectivity index is 0.000000199. The Bertz CT molecular complexity index is 3100. The summed E-state index contributed by atoms with van der Waals surface area (Å²) in [4.78, 5) is 19.4. The van der Waals surface area contributed by atoms with Crippen molar-refractivity contribution in [3.63, 3.8) is 0 Å². The molecular weight excluding hydrogens is 1020 g/mol. The predicted molar refractivity (Wildman–Crippen MR) is 265 cm³/mol. The quantitative estimate of drug-likeness (QED) is 0.112. The van der Waals surface area contributed by atoms with E-state index < -0.39 is 13.3 Å². The van der Waals surface area contributed by atoms with Crippen molar-refractivity contribution < 1.29 is 24.5 Å². The fourth-order valence-electron chi connectivity index (χ4n) is 9.93. The zero-order chi connectivity index (χ0) is 44.0. The molecule has 64 heavy (non-hydrogen) atoms. The number of aryl methyl sites for hydroxylation is 2. The van der Waals surface area contributed by atoms with E-state index in [4.69, 9.17) is 24.4 Å². The van der Waals surface area contributed by atoms with E-state index in [0.717, 1.165) is 61.8 Å². The molecule has 0 spiro atoms. The number of imidazole rings is 1. The summed E-state index contributed by atoms with van der Waals surface area (Å²) in [5.74, 6) is 9.70. The van der Waals surface area contributed by atoms with Crippen LogP contribution in [0, 0.1) is 31.9 Å². The van der Waals surface area contributed by atoms with Gasteiger partial charge in [0.2, 0.25) is 5.71 Å². The maximum atomic E-state index is 6.45. The number of pyridine rings is 3. The Morgan fingerprint density at radius 2 is 1.56 bits per heavy atom. The van der Waals surface area contributed by atoms with Crippen LogP contribution in [0.2, 0.25) is 17.3 Å². The van der Waals surface area contributed by atoms with Gasteiger partial charge in [0.05, 0.1) is 27.5 Å². The first-order chi connectivity index (χ1) is 30.4. The summed E-state index contributed by atoms with van der Waals surface area (Å²) < 4.78 is 10.4. The van der Waals surface area contributed by atoms with Gasteiger partial charge in [0.15, 0.2) is 0 Å². The van der Waals surface area contributed by atoms with Crippen LogP contribution in [0.25, 0.3) is 72.3 Å². The molecular formula is C56H59GeIrN5O-2. The fourth-order valence-corrected chi connectivity index (χ4v) is 13.3. The van der Waals surface area contributed by atoms with E-state index in [1.807, 2.05) is 25.1 Å². The van der Waals surface area contributed by atoms with Gasteiger partial charge >= 0.3 is 144 Å². The van der Waals surface area contributed by atoms with Gasteiger partial charge in [-0.1, -0.05) is 64.1 Å². The average molecular weight is 1080 g/mol. The van der Waals surface area contributed by atoms with Crippen LogP contribution < -0.4 is 4.40 Å². The molecule has 0 atom stereocenters. The molecule has 0 unspecified atom stereocenters. The Kier molecular flexibility index (Phi) is 13.5. The normalized spacial score (nSPS) is 13.5. The summed E-state index contributed by atoms with van der Waals surface area (Å²) >= 11 is -1.89. The average Bonchev–Trinajstić information content (AvgIpc) is 3.85. The summed E-state index contributed by atoms with van der Waals surface area (Å²) in [5, 5.41) is 3.47. The maximum absolute atomic E-state index is 6.45. The molecule has 1 saturated carbocycles. The van der Waals surface area contributed by atoms with Gasteiger partial charge in [-0.15, -0.1) is 11.6 Å². The number of rotatable bonds is 8. The summed E-state index contributed by atoms with van der Waals surface area (Å²) in [6.45, 7) is 13.2. The molecule has 329 valence electrons. The van der Waals surface area contributed by atoms with Crippen molar-refractivity contribution in [2.24, 2.45) is 5.92 Å². The van der Waals surface area contributed by atoms with E-state index in [1.165, 1.54) is 66.1 Å². The second-order valence-corrected chi connectivity index (χ2v) is 29.9. The summed E-state index contributed by atoms with van der Waals surface area (Å²) in [6.07, 6.45) is 12.3. The smallest absolute Gasteiger partial charge is 0 e. The number of benzene rings is 4. The third kappa shape index (κ3) is 8.88. The van der Waals surface area contributed by atoms with Gasteiger partial charge in [-0.2, -0.15) is 0 Å². The molecule has 1 aliphatic rings. The van der Waals surface area contributed by atoms with Crippen molar-refractivity contribution in [1.82, 2.24) is 24.5 Å². The Labute approximate surface area is 395 Å². The summed E-state index contributed by atoms with van der Waals surface area (Å²) in [5.41, 5.74) is 14.4. The van der Waals surface area contributed by atoms with E-state index in [9.17, 15) is 0 Å². The second-order valence-electron chi connectivity index (χ2n) is 19.3. The molecule has 0 saturated heterocycles. The monoisotopic (exact) mass is 1080 g/mol. The van der Waals surface area contributed by atoms with Crippen molar-refractivity contribution in [1.29, 1.82) is 0 Å². The number of nitrogens with zero attached hydrogens (tertiary/aromatic N) is 5. The van der Waals surface area contributed by atoms with E-state index in [1.54, 1.807) is 16.2 Å². The van der Waals surface area contributed by atoms with E-state index >= 15 is 0 Å². The molecule has 9 aromatic rings. The fraction of sp³-hybridized carbons (Fsp3) is 0.321. The first kappa shape index (κ1) is 45.6. The molecule has 1 radical (unpaired) electrons. The number of para-hydroxylation sites is 2. The first-order valence-corrected chi connectivity index (χ1v) is 30.3. The molecule has 8 heteroatoms. The molecule has 1 aliphatic carbocycles. The Hall–Kier alpha value is -4.95. The third-order valence-corrected chi connectivity index (χ3v) is 17.2. The number of hydrogen-bond acceptors (Lipinski definition) is 5. The molecule has 6 nitrogen and oxygen atoms in total. The van der Waals surface area contributed by atoms with Crippen LogP contribution in [0.4, 0.5) is 0 Å². The van der Waals surface area contributed by atoms with Gasteiger partial charge in [-0.05, 0) is 83.6 Å². The Morgan fingerprint density at radius 3 is 2.30 bits per heavy atom. The molecule has 0 N–H and O–H groups in total. The number of aromatic nitrogens is 5. The van der Waals surface area contributed by atoms with Gasteiger partial charge in [0, 0.05) is 37.3 Å². The zero-order valence-electron chi connectivity index (χ0n) is 38.8. The van der Waals surface area contributed by atoms with Crippen molar-refractivity contribution in [3.05, 3.63) is 143 Å². The largest absolute Gasteiger partial charge is 0 e. The van der Waals surface area contributed by atoms with Gasteiger partial charge in [0.25, 0.3) is 0 Å². The van der Waals surface area contributed by atoms with Crippen LogP contribution >= 0.6 is 0 Å². The van der Waals surface area contributed by atoms with Crippen LogP contribution in [0.1, 0.15) is 99.6 Å². The van der Waals surface area contributed by atoms with Gasteiger partial charge in [-0.25, -0.2) is 4.98 Å². The second kappa shape index (κ2) is 18.9. The van der Waals surface area contributed by atoms with E-state index in [0.29, 0.717) is 17.2 Å². The molecule has 4 aromatic carbocycles. The third-order valence-electron chi connectivity index (χ3n) is 12.9. The summed E-state index contributed by atoms with van der Waals surface area (Å²) in [6, 6.07) is 38.8. The SMILES string of the molecule is Cc1cc(C)c2c(n1)oc1c(-c3nc4ccccc4n3-c3c(C(C)C)cc4ccccc4c3C(C)C)[c-]cnc12.[CH3][Ge]([CH3])([CH3])[c]1cnc(-c2[c-]cccc2)cc1CC1CCCCC1.[Ir]. The van der Waals surface area contributed by atoms with Crippen LogP contribution in [-0.4, -0.2) is 37.8 Å². The summed E-state index contributed by atoms with van der Waals surface area (Å²) in [7, 11) is 0. The van der Waals surface area contributed by atoms with E-state index in [-0.39, 0.29) is 26.0 Å². The van der Waals surface area contributed by atoms with Crippen molar-refractivity contribution in [2.45, 2.75) is 109 Å². The molecule has 5 heterocycles. The molecule has 5 aromatic heterocycles. The zero-order valence-corrected chi connectivity index (χ0v) is 43.3. The van der Waals surface area contributed by atoms with Gasteiger partial charge in [-0.3, -0.25) is 9.97 Å². The molecule has 0 amide bonds. The number of furan rings is 1. The van der Waals surface area contributed by atoms with Gasteiger partial charge < -0.3 is 8.98 Å². The first-order valence-electron chi connectivity index (χ1n) is 22.9. The molecule has 0 aliphatic heterocycles. The van der Waals surface area contributed by atoms with Crippen molar-refractivity contribution in [3.8, 4) is 28.3 Å². The standard InChI is InChI=1S/C35H31N4O.C21H28GeN.Ir/c1-19(2)26-18-23-11-7-8-12-24(23)29(20(3)4)32(26)39-28-14-10-9-13-27(28)38-34(39)25-15-16-36-31-30-21(5)17-22(6)37-35(30)40-33(25)31;1-22(2,3)20-16-23-21(18-12-8-5-9-13-18)15-19(20)14-17-10-6-4-7-11-17;/h7-14,16-20H,1-6H3;5,8-9,12,15-17H,4,6-7,10-11,14H2,1-3H3;/q2*-1;. The van der Waals surface area contributed by atoms with Crippen molar-refractivity contribution in [2.75, 3.05) is 0 Å². The number of hydrogen-bond donors (Lipinski definition) is 0.